The standard InChI is InChI=1S/C20H14INO/c21-19-8-4-3-7-18(19)20(23)22-15-9-10-17-14(12-15)11-13-5-1-2-6-16(13)17/h1-10,12H,11H2,(H,22,23). The Kier molecular flexibility index (Phi) is 3.65. The maximum atomic E-state index is 12.4. The Morgan fingerprint density at radius 3 is 2.48 bits per heavy atom. The van der Waals surface area contributed by atoms with Gasteiger partial charge in [0.2, 0.25) is 0 Å². The fraction of sp³-hybridized carbons (Fsp3) is 0.0500. The third-order valence-electron chi connectivity index (χ3n) is 4.17. The van der Waals surface area contributed by atoms with E-state index in [9.17, 15) is 4.79 Å². The van der Waals surface area contributed by atoms with Crippen LogP contribution in [0.5, 0.6) is 0 Å². The molecule has 0 heterocycles. The topological polar surface area (TPSA) is 29.1 Å². The van der Waals surface area contributed by atoms with E-state index in [1.165, 1.54) is 22.3 Å². The fourth-order valence-electron chi connectivity index (χ4n) is 3.07. The second-order valence-corrected chi connectivity index (χ2v) is 6.80. The normalized spacial score (nSPS) is 11.7. The highest BCUT2D eigenvalue weighted by Gasteiger charge is 2.18. The van der Waals surface area contributed by atoms with E-state index in [1.54, 1.807) is 0 Å². The number of amides is 1. The molecule has 2 nitrogen and oxygen atoms in total. The van der Waals surface area contributed by atoms with Crippen molar-refractivity contribution in [1.82, 2.24) is 0 Å². The van der Waals surface area contributed by atoms with E-state index >= 15 is 0 Å². The predicted molar refractivity (Wildman–Crippen MR) is 102 cm³/mol. The van der Waals surface area contributed by atoms with Crippen LogP contribution >= 0.6 is 22.6 Å². The highest BCUT2D eigenvalue weighted by molar-refractivity contribution is 14.1. The van der Waals surface area contributed by atoms with Crippen molar-refractivity contribution in [2.45, 2.75) is 6.42 Å². The quantitative estimate of drug-likeness (QED) is 0.456. The number of fused-ring (bicyclic) bond motifs is 3. The number of carbonyl (C=O) groups excluding carboxylic acids is 1. The van der Waals surface area contributed by atoms with E-state index < -0.39 is 0 Å². The smallest absolute Gasteiger partial charge is 0.256 e. The van der Waals surface area contributed by atoms with Gasteiger partial charge >= 0.3 is 0 Å². The van der Waals surface area contributed by atoms with Crippen LogP contribution in [0, 0.1) is 3.57 Å². The van der Waals surface area contributed by atoms with Gasteiger partial charge < -0.3 is 5.32 Å². The van der Waals surface area contributed by atoms with Gasteiger partial charge in [0, 0.05) is 9.26 Å². The molecule has 23 heavy (non-hydrogen) atoms. The van der Waals surface area contributed by atoms with Gasteiger partial charge in [0.05, 0.1) is 5.56 Å². The third kappa shape index (κ3) is 2.65. The fourth-order valence-corrected chi connectivity index (χ4v) is 3.70. The van der Waals surface area contributed by atoms with Crippen molar-refractivity contribution in [3.05, 3.63) is 87.0 Å². The molecule has 0 saturated heterocycles. The van der Waals surface area contributed by atoms with E-state index in [4.69, 9.17) is 0 Å². The van der Waals surface area contributed by atoms with Gasteiger partial charge in [-0.05, 0) is 75.5 Å². The van der Waals surface area contributed by atoms with Gasteiger partial charge in [-0.2, -0.15) is 0 Å². The lowest BCUT2D eigenvalue weighted by Gasteiger charge is -2.09. The number of hydrogen-bond acceptors (Lipinski definition) is 1. The van der Waals surface area contributed by atoms with Gasteiger partial charge in [0.25, 0.3) is 5.91 Å². The molecule has 0 saturated carbocycles. The second kappa shape index (κ2) is 5.81. The summed E-state index contributed by atoms with van der Waals surface area (Å²) in [4.78, 5) is 12.4. The number of carbonyl (C=O) groups is 1. The van der Waals surface area contributed by atoms with Gasteiger partial charge in [-0.1, -0.05) is 42.5 Å². The summed E-state index contributed by atoms with van der Waals surface area (Å²) in [6.45, 7) is 0. The number of halogens is 1. The van der Waals surface area contributed by atoms with E-state index in [0.29, 0.717) is 5.56 Å². The summed E-state index contributed by atoms with van der Waals surface area (Å²) >= 11 is 2.19. The van der Waals surface area contributed by atoms with Crippen molar-refractivity contribution >= 4 is 34.2 Å². The highest BCUT2D eigenvalue weighted by atomic mass is 127. The molecule has 0 fully saturated rings. The van der Waals surface area contributed by atoms with E-state index in [2.05, 4.69) is 64.3 Å². The molecule has 1 aliphatic rings. The second-order valence-electron chi connectivity index (χ2n) is 5.64. The van der Waals surface area contributed by atoms with Crippen molar-refractivity contribution < 1.29 is 4.79 Å². The van der Waals surface area contributed by atoms with Crippen LogP contribution in [0.25, 0.3) is 11.1 Å². The van der Waals surface area contributed by atoms with Crippen LogP contribution in [0.1, 0.15) is 21.5 Å². The molecule has 0 unspecified atom stereocenters. The summed E-state index contributed by atoms with van der Waals surface area (Å²) in [5.41, 5.74) is 6.75. The molecule has 0 aliphatic heterocycles. The number of rotatable bonds is 2. The Bertz CT molecular complexity index is 917. The first-order valence-corrected chi connectivity index (χ1v) is 8.57. The van der Waals surface area contributed by atoms with Crippen LogP contribution in [0.3, 0.4) is 0 Å². The first-order valence-electron chi connectivity index (χ1n) is 7.49. The van der Waals surface area contributed by atoms with Gasteiger partial charge in [-0.25, -0.2) is 0 Å². The zero-order valence-corrected chi connectivity index (χ0v) is 14.5. The Labute approximate surface area is 148 Å². The average Bonchev–Trinajstić information content (AvgIpc) is 2.92. The highest BCUT2D eigenvalue weighted by Crippen LogP contribution is 2.37. The van der Waals surface area contributed by atoms with Crippen LogP contribution in [0.2, 0.25) is 0 Å². The predicted octanol–water partition coefficient (Wildman–Crippen LogP) is 5.11. The molecule has 0 bridgehead atoms. The first-order chi connectivity index (χ1) is 11.2. The Balaban J connectivity index is 1.62. The lowest BCUT2D eigenvalue weighted by atomic mass is 10.1. The minimum atomic E-state index is -0.0644. The molecule has 3 aromatic carbocycles. The number of anilines is 1. The average molecular weight is 411 g/mol. The SMILES string of the molecule is O=C(Nc1ccc2c(c1)Cc1ccccc1-2)c1ccccc1I. The van der Waals surface area contributed by atoms with Gasteiger partial charge in [0.15, 0.2) is 0 Å². The number of nitrogens with one attached hydrogen (secondary N) is 1. The maximum Gasteiger partial charge on any atom is 0.256 e. The van der Waals surface area contributed by atoms with Crippen molar-refractivity contribution in [1.29, 1.82) is 0 Å². The molecular weight excluding hydrogens is 397 g/mol. The summed E-state index contributed by atoms with van der Waals surface area (Å²) in [5, 5.41) is 3.01. The van der Waals surface area contributed by atoms with Crippen molar-refractivity contribution in [2.75, 3.05) is 5.32 Å². The molecule has 1 amide bonds. The molecule has 3 aromatic rings. The van der Waals surface area contributed by atoms with Crippen LogP contribution in [0.15, 0.2) is 66.7 Å². The van der Waals surface area contributed by atoms with Crippen molar-refractivity contribution in [3.63, 3.8) is 0 Å². The summed E-state index contributed by atoms with van der Waals surface area (Å²) in [6.07, 6.45) is 0.929. The molecule has 112 valence electrons. The summed E-state index contributed by atoms with van der Waals surface area (Å²) in [7, 11) is 0. The van der Waals surface area contributed by atoms with E-state index in [0.717, 1.165) is 15.7 Å². The van der Waals surface area contributed by atoms with Crippen LogP contribution in [-0.2, 0) is 6.42 Å². The van der Waals surface area contributed by atoms with Gasteiger partial charge in [-0.3, -0.25) is 4.79 Å². The lowest BCUT2D eigenvalue weighted by molar-refractivity contribution is 0.102. The van der Waals surface area contributed by atoms with E-state index in [-0.39, 0.29) is 5.91 Å². The van der Waals surface area contributed by atoms with Gasteiger partial charge in [0.1, 0.15) is 0 Å². The number of hydrogen-bond donors (Lipinski definition) is 1. The number of benzene rings is 3. The maximum absolute atomic E-state index is 12.4. The van der Waals surface area contributed by atoms with Crippen LogP contribution < -0.4 is 5.32 Å². The summed E-state index contributed by atoms with van der Waals surface area (Å²) in [5.74, 6) is -0.0644. The molecular formula is C20H14INO. The monoisotopic (exact) mass is 411 g/mol. The molecule has 1 N–H and O–H groups in total. The lowest BCUT2D eigenvalue weighted by Crippen LogP contribution is -2.13. The largest absolute Gasteiger partial charge is 0.322 e. The molecule has 3 heteroatoms. The Morgan fingerprint density at radius 2 is 1.61 bits per heavy atom. The molecule has 0 spiro atoms. The Hall–Kier alpha value is -2.14. The molecule has 0 radical (unpaired) electrons. The third-order valence-corrected chi connectivity index (χ3v) is 5.11. The summed E-state index contributed by atoms with van der Waals surface area (Å²) in [6, 6.07) is 22.2. The minimum absolute atomic E-state index is 0.0644. The molecule has 1 aliphatic carbocycles. The van der Waals surface area contributed by atoms with E-state index in [1.807, 2.05) is 30.3 Å². The molecule has 0 atom stereocenters. The van der Waals surface area contributed by atoms with Gasteiger partial charge in [-0.15, -0.1) is 0 Å². The minimum Gasteiger partial charge on any atom is -0.322 e. The van der Waals surface area contributed by atoms with Crippen molar-refractivity contribution in [2.24, 2.45) is 0 Å². The summed E-state index contributed by atoms with van der Waals surface area (Å²) < 4.78 is 0.955. The zero-order valence-electron chi connectivity index (χ0n) is 12.3. The van der Waals surface area contributed by atoms with Crippen LogP contribution in [0.4, 0.5) is 5.69 Å². The molecule has 4 rings (SSSR count). The van der Waals surface area contributed by atoms with Crippen LogP contribution in [-0.4, -0.2) is 5.91 Å². The van der Waals surface area contributed by atoms with Crippen molar-refractivity contribution in [3.8, 4) is 11.1 Å². The molecule has 0 aromatic heterocycles. The Morgan fingerprint density at radius 1 is 0.870 bits per heavy atom. The zero-order chi connectivity index (χ0) is 15.8. The first kappa shape index (κ1) is 14.5.